The van der Waals surface area contributed by atoms with Crippen molar-refractivity contribution in [3.05, 3.63) is 76.9 Å². The van der Waals surface area contributed by atoms with Crippen LogP contribution in [0.3, 0.4) is 0 Å². The molecule has 9 nitrogen and oxygen atoms in total. The van der Waals surface area contributed by atoms with Crippen molar-refractivity contribution in [2.24, 2.45) is 17.8 Å². The highest BCUT2D eigenvalue weighted by Gasteiger charge is 2.60. The van der Waals surface area contributed by atoms with E-state index in [2.05, 4.69) is 45.9 Å². The zero-order valence-electron chi connectivity index (χ0n) is 29.7. The van der Waals surface area contributed by atoms with Gasteiger partial charge in [0.25, 0.3) is 0 Å². The lowest BCUT2D eigenvalue weighted by Crippen LogP contribution is -2.58. The van der Waals surface area contributed by atoms with Crippen LogP contribution in [0.5, 0.6) is 0 Å². The fourth-order valence-electron chi connectivity index (χ4n) is 8.50. The summed E-state index contributed by atoms with van der Waals surface area (Å²) in [6, 6.07) is 7.87. The van der Waals surface area contributed by atoms with Gasteiger partial charge in [0.15, 0.2) is 5.79 Å². The first kappa shape index (κ1) is 36.0. The van der Waals surface area contributed by atoms with Crippen molar-refractivity contribution in [1.29, 1.82) is 0 Å². The topological polar surface area (TPSA) is 130 Å². The maximum absolute atomic E-state index is 14.1. The summed E-state index contributed by atoms with van der Waals surface area (Å²) in [5.74, 6) is -2.03. The Morgan fingerprint density at radius 3 is 2.71 bits per heavy atom. The molecule has 11 atom stereocenters. The highest BCUT2D eigenvalue weighted by atomic mass is 16.7. The Kier molecular flexibility index (Phi) is 10.9. The molecule has 4 N–H and O–H groups in total. The van der Waals surface area contributed by atoms with Gasteiger partial charge < -0.3 is 39.6 Å². The van der Waals surface area contributed by atoms with Gasteiger partial charge in [-0.3, -0.25) is 4.79 Å². The Labute approximate surface area is 291 Å². The number of ether oxygens (including phenoxy) is 5. The number of nitrogens with two attached hydrogens (primary N) is 1. The van der Waals surface area contributed by atoms with Gasteiger partial charge in [-0.25, -0.2) is 0 Å². The number of hydrogen-bond donors (Lipinski definition) is 3. The van der Waals surface area contributed by atoms with Crippen LogP contribution < -0.4 is 5.73 Å². The lowest BCUT2D eigenvalue weighted by atomic mass is 9.71. The number of carbonyl (C=O) groups is 1. The Balaban J connectivity index is 1.34. The molecule has 3 saturated heterocycles. The van der Waals surface area contributed by atoms with E-state index in [-0.39, 0.29) is 30.8 Å². The summed E-state index contributed by atoms with van der Waals surface area (Å²) >= 11 is 0. The van der Waals surface area contributed by atoms with Crippen molar-refractivity contribution in [2.45, 2.75) is 128 Å². The number of fused-ring (bicyclic) bond motifs is 2. The molecule has 0 amide bonds. The lowest BCUT2D eigenvalue weighted by molar-refractivity contribution is -0.335. The van der Waals surface area contributed by atoms with E-state index in [0.717, 1.165) is 42.5 Å². The standard InChI is InChI=1S/C40H55NO8/c1-6-34-24(2)15-17-39(49-34)22-32-21-31(48-39)14-13-26(4)36(45-18-16-28-10-8-12-30(41)20-28)25(3)9-7-11-29-23-46-37-35(42)27(5)19-33(38(43)47-32)40(29,37)44/h7-13,19-20,24-25,31-37,42,44H,6,14-18,21-23,41H2,1-5H3/b9-7+,26-13+,29-11+/t24-,25-,31+,32-,33-,34+,35+,36+,37+,39+,40+/m0/s1. The maximum Gasteiger partial charge on any atom is 0.316 e. The van der Waals surface area contributed by atoms with Gasteiger partial charge in [-0.2, -0.15) is 0 Å². The number of esters is 1. The number of hydrogen-bond acceptors (Lipinski definition) is 9. The zero-order chi connectivity index (χ0) is 34.9. The molecule has 9 heteroatoms. The summed E-state index contributed by atoms with van der Waals surface area (Å²) in [5, 5.41) is 23.3. The maximum atomic E-state index is 14.1. The number of anilines is 1. The number of allylic oxidation sites excluding steroid dienone is 2. The fourth-order valence-corrected chi connectivity index (χ4v) is 8.50. The van der Waals surface area contributed by atoms with Crippen LogP contribution in [0, 0.1) is 17.8 Å². The Hall–Kier alpha value is -2.79. The quantitative estimate of drug-likeness (QED) is 0.203. The van der Waals surface area contributed by atoms with Gasteiger partial charge in [-0.15, -0.1) is 0 Å². The molecule has 0 saturated carbocycles. The van der Waals surface area contributed by atoms with Gasteiger partial charge in [0.1, 0.15) is 29.8 Å². The van der Waals surface area contributed by atoms with E-state index in [1.54, 1.807) is 13.0 Å². The van der Waals surface area contributed by atoms with Crippen molar-refractivity contribution in [3.8, 4) is 0 Å². The lowest BCUT2D eigenvalue weighted by Gasteiger charge is -2.50. The van der Waals surface area contributed by atoms with Crippen LogP contribution in [0.4, 0.5) is 5.69 Å². The van der Waals surface area contributed by atoms with E-state index in [4.69, 9.17) is 29.4 Å². The first-order valence-electron chi connectivity index (χ1n) is 18.2. The van der Waals surface area contributed by atoms with Crippen LogP contribution in [0.25, 0.3) is 0 Å². The monoisotopic (exact) mass is 677 g/mol. The minimum Gasteiger partial charge on any atom is -0.462 e. The number of benzene rings is 1. The molecule has 268 valence electrons. The smallest absolute Gasteiger partial charge is 0.316 e. The Morgan fingerprint density at radius 1 is 1.12 bits per heavy atom. The second-order valence-electron chi connectivity index (χ2n) is 15.0. The van der Waals surface area contributed by atoms with Gasteiger partial charge in [0.2, 0.25) is 0 Å². The van der Waals surface area contributed by atoms with Gasteiger partial charge in [-0.05, 0) is 79.9 Å². The molecule has 6 rings (SSSR count). The van der Waals surface area contributed by atoms with Crippen molar-refractivity contribution < 1.29 is 38.7 Å². The van der Waals surface area contributed by atoms with Crippen LogP contribution in [0.2, 0.25) is 0 Å². The number of aliphatic hydroxyl groups excluding tert-OH is 1. The van der Waals surface area contributed by atoms with Crippen LogP contribution in [0.1, 0.15) is 78.7 Å². The van der Waals surface area contributed by atoms with Gasteiger partial charge >= 0.3 is 5.97 Å². The summed E-state index contributed by atoms with van der Waals surface area (Å²) in [6.45, 7) is 10.9. The number of nitrogen functional groups attached to an aromatic ring is 1. The third kappa shape index (κ3) is 7.48. The summed E-state index contributed by atoms with van der Waals surface area (Å²) < 4.78 is 32.4. The van der Waals surface area contributed by atoms with Crippen molar-refractivity contribution in [2.75, 3.05) is 18.9 Å². The first-order valence-corrected chi connectivity index (χ1v) is 18.2. The molecular formula is C40H55NO8. The summed E-state index contributed by atoms with van der Waals surface area (Å²) in [5.41, 5.74) is 8.31. The number of aliphatic hydroxyl groups is 2. The predicted octanol–water partition coefficient (Wildman–Crippen LogP) is 5.74. The van der Waals surface area contributed by atoms with E-state index in [1.807, 2.05) is 30.4 Å². The second-order valence-corrected chi connectivity index (χ2v) is 15.0. The minimum atomic E-state index is -1.75. The van der Waals surface area contributed by atoms with Crippen LogP contribution in [-0.4, -0.2) is 77.4 Å². The van der Waals surface area contributed by atoms with Crippen molar-refractivity contribution in [1.82, 2.24) is 0 Å². The molecule has 0 aromatic heterocycles. The summed E-state index contributed by atoms with van der Waals surface area (Å²) in [6.07, 6.45) is 11.5. The molecule has 5 aliphatic rings. The minimum absolute atomic E-state index is 0.0192. The third-order valence-electron chi connectivity index (χ3n) is 11.4. The molecule has 1 aromatic rings. The van der Waals surface area contributed by atoms with E-state index < -0.39 is 41.6 Å². The Bertz CT molecular complexity index is 1480. The second kappa shape index (κ2) is 14.8. The van der Waals surface area contributed by atoms with E-state index >= 15 is 0 Å². The normalized spacial score (nSPS) is 42.6. The molecule has 0 unspecified atom stereocenters. The molecule has 4 aliphatic heterocycles. The molecule has 1 spiro atoms. The fraction of sp³-hybridized carbons (Fsp3) is 0.625. The van der Waals surface area contributed by atoms with Gasteiger partial charge in [-0.1, -0.05) is 63.3 Å². The first-order chi connectivity index (χ1) is 23.4. The average molecular weight is 678 g/mol. The van der Waals surface area contributed by atoms with Crippen LogP contribution in [0.15, 0.2) is 71.4 Å². The van der Waals surface area contributed by atoms with Gasteiger partial charge in [0, 0.05) is 30.9 Å². The predicted molar refractivity (Wildman–Crippen MR) is 187 cm³/mol. The summed E-state index contributed by atoms with van der Waals surface area (Å²) in [7, 11) is 0. The highest BCUT2D eigenvalue weighted by molar-refractivity contribution is 5.78. The van der Waals surface area contributed by atoms with E-state index in [1.165, 1.54) is 0 Å². The molecule has 0 radical (unpaired) electrons. The average Bonchev–Trinajstić information content (AvgIpc) is 3.41. The van der Waals surface area contributed by atoms with E-state index in [0.29, 0.717) is 42.9 Å². The van der Waals surface area contributed by atoms with Crippen molar-refractivity contribution >= 4 is 11.7 Å². The molecular weight excluding hydrogens is 622 g/mol. The number of carbonyl (C=O) groups excluding carboxylic acids is 1. The van der Waals surface area contributed by atoms with Crippen molar-refractivity contribution in [3.63, 3.8) is 0 Å². The molecule has 1 aliphatic carbocycles. The molecule has 1 aromatic carbocycles. The zero-order valence-corrected chi connectivity index (χ0v) is 29.7. The Morgan fingerprint density at radius 2 is 1.94 bits per heavy atom. The SMILES string of the molecule is CC[C@H]1O[C@]2(CC[C@@H]1C)C[C@@H]1C[C@@H](C/C=C(\C)[C@H](OCCc3cccc(N)c3)[C@@H](C)/C=C/C=C3\CO[C@@H]4[C@H](O)C(C)=C[C@@H](C(=O)O1)[C@]34O)O2. The van der Waals surface area contributed by atoms with Crippen LogP contribution in [-0.2, 0) is 34.9 Å². The van der Waals surface area contributed by atoms with Crippen LogP contribution >= 0.6 is 0 Å². The molecule has 49 heavy (non-hydrogen) atoms. The van der Waals surface area contributed by atoms with Gasteiger partial charge in [0.05, 0.1) is 31.5 Å². The largest absolute Gasteiger partial charge is 0.462 e. The third-order valence-corrected chi connectivity index (χ3v) is 11.4. The van der Waals surface area contributed by atoms with E-state index in [9.17, 15) is 15.0 Å². The molecule has 3 fully saturated rings. The number of rotatable bonds is 5. The molecule has 2 bridgehead atoms. The highest BCUT2D eigenvalue weighted by Crippen LogP contribution is 2.47. The molecule has 4 heterocycles. The summed E-state index contributed by atoms with van der Waals surface area (Å²) in [4.78, 5) is 14.1.